The molecule has 15 heavy (non-hydrogen) atoms. The van der Waals surface area contributed by atoms with E-state index in [4.69, 9.17) is 9.47 Å². The molecule has 4 nitrogen and oxygen atoms in total. The van der Waals surface area contributed by atoms with E-state index in [1.807, 2.05) is 20.8 Å². The van der Waals surface area contributed by atoms with Crippen molar-refractivity contribution in [2.45, 2.75) is 39.2 Å². The highest BCUT2D eigenvalue weighted by molar-refractivity contribution is 5.67. The molecule has 1 rings (SSSR count). The van der Waals surface area contributed by atoms with E-state index in [0.717, 1.165) is 26.1 Å². The highest BCUT2D eigenvalue weighted by atomic mass is 16.6. The number of carbonyl (C=O) groups excluding carboxylic acids is 1. The van der Waals surface area contributed by atoms with Crippen LogP contribution in [0.15, 0.2) is 0 Å². The predicted octanol–water partition coefficient (Wildman–Crippen LogP) is 1.94. The van der Waals surface area contributed by atoms with Crippen LogP contribution in [0.1, 0.15) is 33.6 Å². The van der Waals surface area contributed by atoms with Crippen molar-refractivity contribution in [2.24, 2.45) is 5.92 Å². The molecule has 0 aliphatic carbocycles. The van der Waals surface area contributed by atoms with Crippen molar-refractivity contribution in [2.75, 3.05) is 19.8 Å². The molecule has 1 aliphatic rings. The molecule has 0 bridgehead atoms. The van der Waals surface area contributed by atoms with Gasteiger partial charge in [0.05, 0.1) is 0 Å². The van der Waals surface area contributed by atoms with Gasteiger partial charge in [0.15, 0.2) is 0 Å². The molecule has 0 aromatic carbocycles. The molecule has 1 aliphatic heterocycles. The standard InChI is InChI=1S/C11H21NO3/c1-11(2,3)15-10(13)12-8-9-4-6-14-7-5-9/h9H,4-8H2,1-3H3,(H,12,13). The van der Waals surface area contributed by atoms with E-state index in [1.54, 1.807) is 0 Å². The average molecular weight is 215 g/mol. The largest absolute Gasteiger partial charge is 0.444 e. The van der Waals surface area contributed by atoms with Gasteiger partial charge in [0, 0.05) is 19.8 Å². The van der Waals surface area contributed by atoms with Crippen LogP contribution >= 0.6 is 0 Å². The van der Waals surface area contributed by atoms with E-state index in [0.29, 0.717) is 12.5 Å². The summed E-state index contributed by atoms with van der Waals surface area (Å²) in [6.45, 7) is 7.89. The molecular formula is C11H21NO3. The molecule has 0 spiro atoms. The monoisotopic (exact) mass is 215 g/mol. The first-order valence-corrected chi connectivity index (χ1v) is 5.52. The maximum Gasteiger partial charge on any atom is 0.407 e. The lowest BCUT2D eigenvalue weighted by Gasteiger charge is -2.24. The molecule has 1 amide bonds. The summed E-state index contributed by atoms with van der Waals surface area (Å²) < 4.78 is 10.4. The number of carbonyl (C=O) groups is 1. The number of hydrogen-bond acceptors (Lipinski definition) is 3. The first-order chi connectivity index (χ1) is 6.97. The van der Waals surface area contributed by atoms with E-state index < -0.39 is 5.60 Å². The minimum atomic E-state index is -0.417. The van der Waals surface area contributed by atoms with Crippen LogP contribution in [0, 0.1) is 5.92 Å². The SMILES string of the molecule is CC(C)(C)OC(=O)NCC1CCOCC1. The van der Waals surface area contributed by atoms with E-state index in [-0.39, 0.29) is 6.09 Å². The molecule has 1 saturated heterocycles. The maximum absolute atomic E-state index is 11.3. The van der Waals surface area contributed by atoms with Crippen molar-refractivity contribution in [3.05, 3.63) is 0 Å². The molecule has 0 aromatic rings. The summed E-state index contributed by atoms with van der Waals surface area (Å²) in [7, 11) is 0. The zero-order valence-electron chi connectivity index (χ0n) is 9.84. The summed E-state index contributed by atoms with van der Waals surface area (Å²) >= 11 is 0. The van der Waals surface area contributed by atoms with E-state index in [2.05, 4.69) is 5.32 Å². The van der Waals surface area contributed by atoms with Gasteiger partial charge in [-0.25, -0.2) is 4.79 Å². The summed E-state index contributed by atoms with van der Waals surface area (Å²) in [5, 5.41) is 2.79. The molecule has 1 fully saturated rings. The van der Waals surface area contributed by atoms with Gasteiger partial charge in [-0.15, -0.1) is 0 Å². The first-order valence-electron chi connectivity index (χ1n) is 5.52. The maximum atomic E-state index is 11.3. The Hall–Kier alpha value is -0.770. The van der Waals surface area contributed by atoms with Crippen molar-refractivity contribution in [1.82, 2.24) is 5.32 Å². The summed E-state index contributed by atoms with van der Waals surface area (Å²) in [6.07, 6.45) is 1.72. The lowest BCUT2D eigenvalue weighted by Crippen LogP contribution is -2.36. The van der Waals surface area contributed by atoms with E-state index >= 15 is 0 Å². The summed E-state index contributed by atoms with van der Waals surface area (Å²) in [5.74, 6) is 0.534. The normalized spacial score (nSPS) is 18.6. The highest BCUT2D eigenvalue weighted by Crippen LogP contribution is 2.13. The fraction of sp³-hybridized carbons (Fsp3) is 0.909. The number of ether oxygens (including phenoxy) is 2. The van der Waals surface area contributed by atoms with Gasteiger partial charge < -0.3 is 14.8 Å². The zero-order valence-corrected chi connectivity index (χ0v) is 9.84. The Labute approximate surface area is 91.3 Å². The minimum Gasteiger partial charge on any atom is -0.444 e. The second-order valence-corrected chi connectivity index (χ2v) is 4.94. The van der Waals surface area contributed by atoms with E-state index in [1.165, 1.54) is 0 Å². The Morgan fingerprint density at radius 3 is 2.53 bits per heavy atom. The van der Waals surface area contributed by atoms with Crippen molar-refractivity contribution in [1.29, 1.82) is 0 Å². The molecule has 0 unspecified atom stereocenters. The van der Waals surface area contributed by atoms with Gasteiger partial charge in [-0.1, -0.05) is 0 Å². The van der Waals surface area contributed by atoms with Crippen LogP contribution in [0.25, 0.3) is 0 Å². The van der Waals surface area contributed by atoms with Gasteiger partial charge in [0.25, 0.3) is 0 Å². The van der Waals surface area contributed by atoms with Crippen LogP contribution in [0.5, 0.6) is 0 Å². The van der Waals surface area contributed by atoms with Crippen LogP contribution in [0.2, 0.25) is 0 Å². The van der Waals surface area contributed by atoms with Crippen molar-refractivity contribution >= 4 is 6.09 Å². The third-order valence-electron chi connectivity index (χ3n) is 2.27. The number of rotatable bonds is 2. The third-order valence-corrected chi connectivity index (χ3v) is 2.27. The number of hydrogen-bond donors (Lipinski definition) is 1. The zero-order chi connectivity index (χ0) is 11.3. The Balaban J connectivity index is 2.15. The molecule has 88 valence electrons. The van der Waals surface area contributed by atoms with Crippen molar-refractivity contribution in [3.63, 3.8) is 0 Å². The van der Waals surface area contributed by atoms with Crippen molar-refractivity contribution < 1.29 is 14.3 Å². The average Bonchev–Trinajstić information content (AvgIpc) is 2.14. The van der Waals surface area contributed by atoms with Crippen LogP contribution in [-0.2, 0) is 9.47 Å². The lowest BCUT2D eigenvalue weighted by molar-refractivity contribution is 0.0451. The first kappa shape index (κ1) is 12.3. The predicted molar refractivity (Wildman–Crippen MR) is 57.8 cm³/mol. The fourth-order valence-corrected chi connectivity index (χ4v) is 1.49. The topological polar surface area (TPSA) is 47.6 Å². The van der Waals surface area contributed by atoms with Crippen LogP contribution in [0.3, 0.4) is 0 Å². The quantitative estimate of drug-likeness (QED) is 0.765. The Morgan fingerprint density at radius 1 is 1.40 bits per heavy atom. The van der Waals surface area contributed by atoms with Gasteiger partial charge in [0.2, 0.25) is 0 Å². The minimum absolute atomic E-state index is 0.325. The van der Waals surface area contributed by atoms with E-state index in [9.17, 15) is 4.79 Å². The highest BCUT2D eigenvalue weighted by Gasteiger charge is 2.18. The van der Waals surface area contributed by atoms with Gasteiger partial charge in [-0.2, -0.15) is 0 Å². The second kappa shape index (κ2) is 5.35. The summed E-state index contributed by atoms with van der Waals surface area (Å²) in [6, 6.07) is 0. The summed E-state index contributed by atoms with van der Waals surface area (Å²) in [4.78, 5) is 11.3. The van der Waals surface area contributed by atoms with Gasteiger partial charge in [0.1, 0.15) is 5.60 Å². The van der Waals surface area contributed by atoms with Crippen LogP contribution in [-0.4, -0.2) is 31.5 Å². The molecule has 0 radical (unpaired) electrons. The molecule has 0 saturated carbocycles. The van der Waals surface area contributed by atoms with Gasteiger partial charge in [-0.05, 0) is 39.5 Å². The molecule has 1 heterocycles. The second-order valence-electron chi connectivity index (χ2n) is 4.94. The van der Waals surface area contributed by atoms with Gasteiger partial charge >= 0.3 is 6.09 Å². The van der Waals surface area contributed by atoms with Crippen LogP contribution in [0.4, 0.5) is 4.79 Å². The number of nitrogens with one attached hydrogen (secondary N) is 1. The number of alkyl carbamates (subject to hydrolysis) is 1. The lowest BCUT2D eigenvalue weighted by atomic mass is 10.0. The van der Waals surface area contributed by atoms with Crippen LogP contribution < -0.4 is 5.32 Å². The van der Waals surface area contributed by atoms with Gasteiger partial charge in [-0.3, -0.25) is 0 Å². The Bertz CT molecular complexity index is 204. The fourth-order valence-electron chi connectivity index (χ4n) is 1.49. The third kappa shape index (κ3) is 5.62. The molecule has 0 aromatic heterocycles. The number of amides is 1. The molecular weight excluding hydrogens is 194 g/mol. The molecule has 1 N–H and O–H groups in total. The summed E-state index contributed by atoms with van der Waals surface area (Å²) in [5.41, 5.74) is -0.417. The Kier molecular flexibility index (Phi) is 4.39. The molecule has 0 atom stereocenters. The van der Waals surface area contributed by atoms with Crippen molar-refractivity contribution in [3.8, 4) is 0 Å². The smallest absolute Gasteiger partial charge is 0.407 e. The Morgan fingerprint density at radius 2 is 2.00 bits per heavy atom. The molecule has 4 heteroatoms.